The van der Waals surface area contributed by atoms with Crippen molar-refractivity contribution in [1.82, 2.24) is 0 Å². The molecule has 0 bridgehead atoms. The van der Waals surface area contributed by atoms with E-state index in [0.717, 1.165) is 5.66 Å². The smallest absolute Gasteiger partial charge is 0.0128 e. The van der Waals surface area contributed by atoms with Gasteiger partial charge in [0.2, 0.25) is 0 Å². The predicted octanol–water partition coefficient (Wildman–Crippen LogP) is 7.22. The minimum Gasteiger partial charge on any atom is -0.0721 e. The van der Waals surface area contributed by atoms with Gasteiger partial charge in [0, 0.05) is 5.66 Å². The Kier molecular flexibility index (Phi) is 7.13. The molecule has 0 aliphatic carbocycles. The zero-order valence-electron chi connectivity index (χ0n) is 18.4. The van der Waals surface area contributed by atoms with Crippen molar-refractivity contribution in [2.45, 2.75) is 30.6 Å². The van der Waals surface area contributed by atoms with Crippen LogP contribution in [0, 0.1) is 0 Å². The Bertz CT molecular complexity index is 1040. The van der Waals surface area contributed by atoms with Gasteiger partial charge in [-0.25, -0.2) is 0 Å². The van der Waals surface area contributed by atoms with Crippen molar-refractivity contribution in [2.24, 2.45) is 0 Å². The third-order valence-electron chi connectivity index (χ3n) is 6.53. The van der Waals surface area contributed by atoms with Crippen LogP contribution in [0.15, 0.2) is 121 Å². The molecule has 0 saturated carbocycles. The average molecular weight is 453 g/mol. The van der Waals surface area contributed by atoms with Crippen molar-refractivity contribution in [1.29, 1.82) is 0 Å². The van der Waals surface area contributed by atoms with Crippen molar-refractivity contribution in [3.05, 3.63) is 127 Å². The van der Waals surface area contributed by atoms with E-state index in [0.29, 0.717) is 5.66 Å². The van der Waals surface area contributed by atoms with Crippen molar-refractivity contribution < 1.29 is 0 Å². The van der Waals surface area contributed by atoms with Crippen LogP contribution in [0.4, 0.5) is 0 Å². The Morgan fingerprint density at radius 3 is 1.72 bits per heavy atom. The van der Waals surface area contributed by atoms with Gasteiger partial charge in [-0.2, -0.15) is 0 Å². The first kappa shape index (κ1) is 21.6. The molecule has 4 aromatic carbocycles. The second-order valence-electron chi connectivity index (χ2n) is 8.53. The summed E-state index contributed by atoms with van der Waals surface area (Å²) in [5, 5.41) is 4.58. The van der Waals surface area contributed by atoms with Gasteiger partial charge in [0.25, 0.3) is 0 Å². The molecule has 1 fully saturated rings. The lowest BCUT2D eigenvalue weighted by Crippen LogP contribution is -2.21. The van der Waals surface area contributed by atoms with Gasteiger partial charge in [-0.15, -0.1) is 0 Å². The third-order valence-corrected chi connectivity index (χ3v) is 12.5. The van der Waals surface area contributed by atoms with Crippen LogP contribution >= 0.6 is 15.8 Å². The maximum atomic E-state index is 2.37. The van der Waals surface area contributed by atoms with Crippen molar-refractivity contribution in [3.8, 4) is 0 Å². The van der Waals surface area contributed by atoms with E-state index < -0.39 is 7.92 Å². The summed E-state index contributed by atoms with van der Waals surface area (Å²) in [5.41, 5.74) is 2.84. The normalized spacial score (nSPS) is 19.2. The van der Waals surface area contributed by atoms with Crippen LogP contribution in [0.25, 0.3) is 0 Å². The molecule has 0 spiro atoms. The number of benzene rings is 4. The van der Waals surface area contributed by atoms with Crippen molar-refractivity contribution in [3.63, 3.8) is 0 Å². The molecule has 5 rings (SSSR count). The Balaban J connectivity index is 1.56. The SMILES string of the molecule is c1ccc([C@H](C[C@@H]2CCC[P@@]2c2ccccc2)P(c2ccccc2)c2ccccc2)cc1. The van der Waals surface area contributed by atoms with E-state index in [9.17, 15) is 0 Å². The molecule has 1 aliphatic heterocycles. The van der Waals surface area contributed by atoms with Crippen molar-refractivity contribution in [2.75, 3.05) is 6.16 Å². The Morgan fingerprint density at radius 1 is 0.656 bits per heavy atom. The molecular weight excluding hydrogens is 422 g/mol. The van der Waals surface area contributed by atoms with Gasteiger partial charge in [-0.1, -0.05) is 129 Å². The highest BCUT2D eigenvalue weighted by molar-refractivity contribution is 7.73. The molecular formula is C30H30P2. The molecule has 0 aromatic heterocycles. The van der Waals surface area contributed by atoms with Crippen LogP contribution in [-0.4, -0.2) is 11.8 Å². The predicted molar refractivity (Wildman–Crippen MR) is 144 cm³/mol. The van der Waals surface area contributed by atoms with Gasteiger partial charge in [0.05, 0.1) is 0 Å². The van der Waals surface area contributed by atoms with E-state index in [4.69, 9.17) is 0 Å². The first-order valence-electron chi connectivity index (χ1n) is 11.7. The molecule has 0 amide bonds. The minimum atomic E-state index is -0.484. The van der Waals surface area contributed by atoms with Crippen LogP contribution in [0.1, 0.15) is 30.5 Å². The molecule has 0 N–H and O–H groups in total. The fourth-order valence-corrected chi connectivity index (χ4v) is 11.2. The Morgan fingerprint density at radius 2 is 1.16 bits per heavy atom. The molecule has 0 unspecified atom stereocenters. The molecule has 32 heavy (non-hydrogen) atoms. The molecule has 4 aromatic rings. The Labute approximate surface area is 195 Å². The van der Waals surface area contributed by atoms with Crippen LogP contribution < -0.4 is 15.9 Å². The zero-order chi connectivity index (χ0) is 21.6. The van der Waals surface area contributed by atoms with E-state index >= 15 is 0 Å². The Hall–Kier alpha value is -2.26. The molecule has 0 nitrogen and oxygen atoms in total. The first-order valence-corrected chi connectivity index (χ1v) is 14.7. The minimum absolute atomic E-state index is 0.0787. The van der Waals surface area contributed by atoms with Crippen molar-refractivity contribution >= 4 is 31.8 Å². The van der Waals surface area contributed by atoms with Crippen LogP contribution in [0.3, 0.4) is 0 Å². The lowest BCUT2D eigenvalue weighted by molar-refractivity contribution is 0.700. The summed E-state index contributed by atoms with van der Waals surface area (Å²) < 4.78 is 0. The maximum absolute atomic E-state index is 2.37. The van der Waals surface area contributed by atoms with E-state index in [1.807, 2.05) is 0 Å². The standard InChI is InChI=1S/C30H30P2/c1-5-14-25(15-6-1)30(24-29-22-13-23-31(29)26-16-7-2-8-17-26)32(27-18-9-3-10-19-27)28-20-11-4-12-21-28/h1-12,14-21,29-30H,13,22-24H2/t29-,30-,31-/m0/s1. The topological polar surface area (TPSA) is 0 Å². The van der Waals surface area contributed by atoms with E-state index in [1.165, 1.54) is 41.6 Å². The molecule has 160 valence electrons. The fraction of sp³-hybridized carbons (Fsp3) is 0.200. The highest BCUT2D eigenvalue weighted by Gasteiger charge is 2.34. The highest BCUT2D eigenvalue weighted by Crippen LogP contribution is 2.58. The largest absolute Gasteiger partial charge is 0.0721 e. The van der Waals surface area contributed by atoms with E-state index in [2.05, 4.69) is 121 Å². The molecule has 2 heteroatoms. The number of hydrogen-bond acceptors (Lipinski definition) is 0. The van der Waals surface area contributed by atoms with Crippen LogP contribution in [-0.2, 0) is 0 Å². The second-order valence-corrected chi connectivity index (χ2v) is 13.6. The highest BCUT2D eigenvalue weighted by atomic mass is 31.1. The molecule has 1 aliphatic rings. The summed E-state index contributed by atoms with van der Waals surface area (Å²) in [7, 11) is -0.563. The average Bonchev–Trinajstić information content (AvgIpc) is 3.34. The summed E-state index contributed by atoms with van der Waals surface area (Å²) in [6, 6.07) is 45.2. The summed E-state index contributed by atoms with van der Waals surface area (Å²) in [6.45, 7) is 0. The monoisotopic (exact) mass is 452 g/mol. The fourth-order valence-electron chi connectivity index (χ4n) is 5.05. The van der Waals surface area contributed by atoms with E-state index in [-0.39, 0.29) is 7.92 Å². The molecule has 3 atom stereocenters. The molecule has 0 radical (unpaired) electrons. The molecule has 1 saturated heterocycles. The number of rotatable bonds is 7. The summed E-state index contributed by atoms with van der Waals surface area (Å²) in [6.07, 6.45) is 5.41. The van der Waals surface area contributed by atoms with Gasteiger partial charge >= 0.3 is 0 Å². The summed E-state index contributed by atoms with van der Waals surface area (Å²) in [5.74, 6) is 0. The van der Waals surface area contributed by atoms with E-state index in [1.54, 1.807) is 5.30 Å². The second kappa shape index (κ2) is 10.6. The van der Waals surface area contributed by atoms with Gasteiger partial charge < -0.3 is 0 Å². The summed E-state index contributed by atoms with van der Waals surface area (Å²) >= 11 is 0. The quantitative estimate of drug-likeness (QED) is 0.260. The van der Waals surface area contributed by atoms with Gasteiger partial charge in [0.15, 0.2) is 0 Å². The zero-order valence-corrected chi connectivity index (χ0v) is 20.2. The van der Waals surface area contributed by atoms with Crippen LogP contribution in [0.2, 0.25) is 0 Å². The first-order chi connectivity index (χ1) is 15.9. The van der Waals surface area contributed by atoms with Crippen LogP contribution in [0.5, 0.6) is 0 Å². The van der Waals surface area contributed by atoms with Gasteiger partial charge in [0.1, 0.15) is 0 Å². The third kappa shape index (κ3) is 4.88. The number of hydrogen-bond donors (Lipinski definition) is 0. The van der Waals surface area contributed by atoms with Gasteiger partial charge in [-0.05, 0) is 60.5 Å². The lowest BCUT2D eigenvalue weighted by Gasteiger charge is -2.33. The molecule has 1 heterocycles. The maximum Gasteiger partial charge on any atom is 0.0128 e. The lowest BCUT2D eigenvalue weighted by atomic mass is 10.1. The summed E-state index contributed by atoms with van der Waals surface area (Å²) in [4.78, 5) is 0. The van der Waals surface area contributed by atoms with Gasteiger partial charge in [-0.3, -0.25) is 0 Å².